The number of nitrogens with zero attached hydrogens (tertiary/aromatic N) is 3. The van der Waals surface area contributed by atoms with Gasteiger partial charge in [0.15, 0.2) is 5.43 Å². The topological polar surface area (TPSA) is 69.3 Å². The second-order valence-electron chi connectivity index (χ2n) is 8.75. The molecule has 0 spiro atoms. The highest BCUT2D eigenvalue weighted by Gasteiger charge is 2.39. The first kappa shape index (κ1) is 19.3. The van der Waals surface area contributed by atoms with E-state index in [-0.39, 0.29) is 22.8 Å². The van der Waals surface area contributed by atoms with Crippen molar-refractivity contribution in [1.29, 1.82) is 0 Å². The monoisotopic (exact) mass is 437 g/mol. The normalized spacial score (nSPS) is 18.8. The summed E-state index contributed by atoms with van der Waals surface area (Å²) in [5.74, 6) is 0.932. The number of fused-ring (bicyclic) bond motifs is 5. The van der Waals surface area contributed by atoms with Crippen LogP contribution in [-0.2, 0) is 12.8 Å². The molecule has 2 aromatic heterocycles. The summed E-state index contributed by atoms with van der Waals surface area (Å²) >= 11 is 0. The van der Waals surface area contributed by atoms with E-state index >= 15 is 0 Å². The zero-order chi connectivity index (χ0) is 22.1. The number of benzene rings is 1. The molecule has 164 valence electrons. The van der Waals surface area contributed by atoms with Crippen molar-refractivity contribution in [3.63, 3.8) is 0 Å². The van der Waals surface area contributed by atoms with E-state index in [0.29, 0.717) is 34.9 Å². The van der Waals surface area contributed by atoms with Crippen LogP contribution in [0.2, 0.25) is 0 Å². The lowest BCUT2D eigenvalue weighted by Crippen LogP contribution is -2.25. The first-order valence-electron chi connectivity index (χ1n) is 10.7. The van der Waals surface area contributed by atoms with Gasteiger partial charge in [0.05, 0.1) is 24.1 Å². The first-order chi connectivity index (χ1) is 15.4. The fraction of sp³-hybridized carbons (Fsp3) is 0.333. The second kappa shape index (κ2) is 6.79. The number of hydrogen-bond donors (Lipinski definition) is 1. The van der Waals surface area contributed by atoms with Crippen molar-refractivity contribution in [1.82, 2.24) is 14.3 Å². The predicted molar refractivity (Wildman–Crippen MR) is 115 cm³/mol. The highest BCUT2D eigenvalue weighted by Crippen LogP contribution is 2.51. The Bertz CT molecular complexity index is 1340. The number of alkyl halides is 2. The van der Waals surface area contributed by atoms with Crippen LogP contribution in [0.5, 0.6) is 5.75 Å². The fourth-order valence-electron chi connectivity index (χ4n) is 5.16. The van der Waals surface area contributed by atoms with Crippen LogP contribution in [0.1, 0.15) is 42.1 Å². The molecule has 6 rings (SSSR count). The summed E-state index contributed by atoms with van der Waals surface area (Å²) in [7, 11) is 0. The molecule has 0 saturated heterocycles. The minimum Gasteiger partial charge on any atom is -0.508 e. The van der Waals surface area contributed by atoms with Gasteiger partial charge in [-0.05, 0) is 36.8 Å². The third kappa shape index (κ3) is 2.82. The molecule has 4 heterocycles. The van der Waals surface area contributed by atoms with Crippen molar-refractivity contribution in [3.8, 4) is 28.1 Å². The molecule has 1 saturated carbocycles. The SMILES string of the molecule is C=C(O)c1cn2c(cc1=O)-c1c(cc(-c3cnn(C(F)F)c3)c3c1CCO3)CC2C1CC1. The summed E-state index contributed by atoms with van der Waals surface area (Å²) in [6.07, 6.45) is 8.17. The van der Waals surface area contributed by atoms with Gasteiger partial charge in [-0.3, -0.25) is 4.79 Å². The van der Waals surface area contributed by atoms with E-state index in [4.69, 9.17) is 4.74 Å². The number of pyridine rings is 1. The Morgan fingerprint density at radius 2 is 2.09 bits per heavy atom. The van der Waals surface area contributed by atoms with E-state index < -0.39 is 6.55 Å². The van der Waals surface area contributed by atoms with Gasteiger partial charge in [-0.2, -0.15) is 13.9 Å². The van der Waals surface area contributed by atoms with E-state index in [0.717, 1.165) is 47.2 Å². The number of hydrogen-bond acceptors (Lipinski definition) is 4. The minimum absolute atomic E-state index is 0.160. The van der Waals surface area contributed by atoms with Gasteiger partial charge in [0, 0.05) is 53.2 Å². The summed E-state index contributed by atoms with van der Waals surface area (Å²) in [6, 6.07) is 3.75. The van der Waals surface area contributed by atoms with Gasteiger partial charge in [-0.15, -0.1) is 0 Å². The summed E-state index contributed by atoms with van der Waals surface area (Å²) in [5, 5.41) is 13.7. The molecule has 1 fully saturated rings. The minimum atomic E-state index is -2.70. The van der Waals surface area contributed by atoms with Crippen LogP contribution < -0.4 is 10.2 Å². The van der Waals surface area contributed by atoms with Crippen LogP contribution in [0, 0.1) is 5.92 Å². The fourth-order valence-corrected chi connectivity index (χ4v) is 5.16. The van der Waals surface area contributed by atoms with E-state index in [1.54, 1.807) is 12.3 Å². The number of ether oxygens (including phenoxy) is 1. The Kier molecular flexibility index (Phi) is 4.09. The van der Waals surface area contributed by atoms with Crippen molar-refractivity contribution in [3.05, 3.63) is 64.2 Å². The first-order valence-corrected chi connectivity index (χ1v) is 10.7. The van der Waals surface area contributed by atoms with Crippen molar-refractivity contribution in [2.45, 2.75) is 38.3 Å². The van der Waals surface area contributed by atoms with E-state index in [9.17, 15) is 18.7 Å². The Hall–Kier alpha value is -3.42. The summed E-state index contributed by atoms with van der Waals surface area (Å²) in [5.41, 5.74) is 5.15. The molecule has 0 bridgehead atoms. The zero-order valence-corrected chi connectivity index (χ0v) is 17.2. The lowest BCUT2D eigenvalue weighted by Gasteiger charge is -2.32. The third-order valence-electron chi connectivity index (χ3n) is 6.77. The molecule has 3 aromatic rings. The quantitative estimate of drug-likeness (QED) is 0.599. The lowest BCUT2D eigenvalue weighted by atomic mass is 9.84. The van der Waals surface area contributed by atoms with Gasteiger partial charge < -0.3 is 14.4 Å². The molecule has 1 N–H and O–H groups in total. The molecular formula is C24H21F2N3O3. The highest BCUT2D eigenvalue weighted by atomic mass is 19.3. The van der Waals surface area contributed by atoms with Crippen molar-refractivity contribution in [2.75, 3.05) is 6.61 Å². The molecule has 1 atom stereocenters. The maximum absolute atomic E-state index is 13.1. The van der Waals surface area contributed by atoms with Crippen LogP contribution in [0.15, 0.2) is 42.1 Å². The summed E-state index contributed by atoms with van der Waals surface area (Å²) in [4.78, 5) is 12.7. The zero-order valence-electron chi connectivity index (χ0n) is 17.2. The number of aliphatic hydroxyl groups is 1. The largest absolute Gasteiger partial charge is 0.508 e. The van der Waals surface area contributed by atoms with Gasteiger partial charge in [-0.25, -0.2) is 4.68 Å². The highest BCUT2D eigenvalue weighted by molar-refractivity contribution is 5.83. The molecule has 1 aliphatic carbocycles. The van der Waals surface area contributed by atoms with Crippen LogP contribution in [-0.4, -0.2) is 26.1 Å². The van der Waals surface area contributed by atoms with Crippen LogP contribution >= 0.6 is 0 Å². The van der Waals surface area contributed by atoms with Gasteiger partial charge in [0.1, 0.15) is 11.5 Å². The van der Waals surface area contributed by atoms with Crippen LogP contribution in [0.4, 0.5) is 8.78 Å². The third-order valence-corrected chi connectivity index (χ3v) is 6.77. The maximum atomic E-state index is 13.1. The molecule has 0 amide bonds. The van der Waals surface area contributed by atoms with Crippen molar-refractivity contribution < 1.29 is 18.6 Å². The smallest absolute Gasteiger partial charge is 0.333 e. The standard InChI is InChI=1S/C24H21F2N3O3/c1-12(30)18-11-28-19(13-2-3-13)7-14-6-17(15-9-27-29(10-15)24(25)26)23-16(4-5-32-23)22(14)20(28)8-21(18)31/h6,8-11,13,19,24,30H,1-5,7H2. The van der Waals surface area contributed by atoms with Gasteiger partial charge in [0.25, 0.3) is 0 Å². The molecule has 2 aliphatic heterocycles. The predicted octanol–water partition coefficient (Wildman–Crippen LogP) is 4.74. The van der Waals surface area contributed by atoms with Crippen molar-refractivity contribution in [2.24, 2.45) is 5.92 Å². The molecular weight excluding hydrogens is 416 g/mol. The van der Waals surface area contributed by atoms with Gasteiger partial charge in [-0.1, -0.05) is 6.58 Å². The number of rotatable bonds is 4. The van der Waals surface area contributed by atoms with E-state index in [2.05, 4.69) is 16.2 Å². The molecule has 1 aromatic carbocycles. The second-order valence-corrected chi connectivity index (χ2v) is 8.75. The van der Waals surface area contributed by atoms with Crippen molar-refractivity contribution >= 4 is 5.76 Å². The maximum Gasteiger partial charge on any atom is 0.333 e. The van der Waals surface area contributed by atoms with Gasteiger partial charge >= 0.3 is 6.55 Å². The molecule has 6 nitrogen and oxygen atoms in total. The number of halogens is 2. The lowest BCUT2D eigenvalue weighted by molar-refractivity contribution is 0.0566. The molecule has 8 heteroatoms. The number of aliphatic hydroxyl groups excluding tert-OH is 1. The number of aromatic nitrogens is 3. The Balaban J connectivity index is 1.59. The summed E-state index contributed by atoms with van der Waals surface area (Å²) < 4.78 is 34.9. The van der Waals surface area contributed by atoms with E-state index in [1.165, 1.54) is 12.4 Å². The Morgan fingerprint density at radius 3 is 2.78 bits per heavy atom. The average Bonchev–Trinajstić information content (AvgIpc) is 3.27. The Labute approximate surface area is 182 Å². The molecule has 32 heavy (non-hydrogen) atoms. The average molecular weight is 437 g/mol. The van der Waals surface area contributed by atoms with E-state index in [1.807, 2.05) is 6.07 Å². The summed E-state index contributed by atoms with van der Waals surface area (Å²) in [6.45, 7) is 1.33. The van der Waals surface area contributed by atoms with Crippen LogP contribution in [0.3, 0.4) is 0 Å². The Morgan fingerprint density at radius 1 is 1.28 bits per heavy atom. The molecule has 3 aliphatic rings. The van der Waals surface area contributed by atoms with Crippen LogP contribution in [0.25, 0.3) is 28.1 Å². The van der Waals surface area contributed by atoms with Gasteiger partial charge in [0.2, 0.25) is 0 Å². The molecule has 1 unspecified atom stereocenters. The molecule has 0 radical (unpaired) electrons.